The number of anilines is 1. The van der Waals surface area contributed by atoms with E-state index in [9.17, 15) is 0 Å². The summed E-state index contributed by atoms with van der Waals surface area (Å²) >= 11 is 0. The maximum Gasteiger partial charge on any atom is 0.0342 e. The van der Waals surface area contributed by atoms with Crippen LogP contribution in [0.2, 0.25) is 0 Å². The minimum Gasteiger partial charge on any atom is -0.385 e. The zero-order chi connectivity index (χ0) is 18.9. The molecule has 1 N–H and O–H groups in total. The maximum absolute atomic E-state index is 3.63. The zero-order valence-corrected chi connectivity index (χ0v) is 17.4. The lowest BCUT2D eigenvalue weighted by atomic mass is 9.78. The molecule has 0 aliphatic heterocycles. The first-order valence-corrected chi connectivity index (χ1v) is 10.6. The first kappa shape index (κ1) is 20.6. The van der Waals surface area contributed by atoms with E-state index in [2.05, 4.69) is 68.6 Å². The average Bonchev–Trinajstić information content (AvgIpc) is 2.68. The SMILES string of the molecule is CC.CCc1ccc(C2CCC(CNc3cccc(C)c3)CC2)cc1C. The van der Waals surface area contributed by atoms with Gasteiger partial charge in [0.25, 0.3) is 0 Å². The summed E-state index contributed by atoms with van der Waals surface area (Å²) in [4.78, 5) is 0. The molecule has 0 aromatic heterocycles. The van der Waals surface area contributed by atoms with Crippen molar-refractivity contribution in [3.63, 3.8) is 0 Å². The van der Waals surface area contributed by atoms with Crippen LogP contribution in [0.3, 0.4) is 0 Å². The van der Waals surface area contributed by atoms with Gasteiger partial charge in [0.15, 0.2) is 0 Å². The second-order valence-corrected chi connectivity index (χ2v) is 7.51. The predicted molar refractivity (Wildman–Crippen MR) is 116 cm³/mol. The van der Waals surface area contributed by atoms with Gasteiger partial charge in [-0.15, -0.1) is 0 Å². The molecule has 142 valence electrons. The topological polar surface area (TPSA) is 12.0 Å². The smallest absolute Gasteiger partial charge is 0.0342 e. The van der Waals surface area contributed by atoms with Crippen molar-refractivity contribution in [2.24, 2.45) is 5.92 Å². The molecule has 1 aliphatic carbocycles. The Balaban J connectivity index is 0.00000117. The minimum absolute atomic E-state index is 0.768. The normalized spacial score (nSPS) is 19.4. The van der Waals surface area contributed by atoms with Crippen LogP contribution in [0.25, 0.3) is 0 Å². The number of aryl methyl sites for hydroxylation is 3. The van der Waals surface area contributed by atoms with Gasteiger partial charge < -0.3 is 5.32 Å². The second-order valence-electron chi connectivity index (χ2n) is 7.51. The van der Waals surface area contributed by atoms with Crippen molar-refractivity contribution in [1.82, 2.24) is 0 Å². The van der Waals surface area contributed by atoms with E-state index in [0.717, 1.165) is 24.8 Å². The van der Waals surface area contributed by atoms with Gasteiger partial charge in [-0.05, 0) is 92.2 Å². The van der Waals surface area contributed by atoms with Crippen molar-refractivity contribution in [3.8, 4) is 0 Å². The van der Waals surface area contributed by atoms with Gasteiger partial charge in [-0.2, -0.15) is 0 Å². The third-order valence-electron chi connectivity index (χ3n) is 5.68. The molecule has 0 amide bonds. The second kappa shape index (κ2) is 10.4. The van der Waals surface area contributed by atoms with Gasteiger partial charge in [0.2, 0.25) is 0 Å². The highest BCUT2D eigenvalue weighted by molar-refractivity contribution is 5.45. The fourth-order valence-corrected chi connectivity index (χ4v) is 4.09. The van der Waals surface area contributed by atoms with Crippen molar-refractivity contribution < 1.29 is 0 Å². The number of rotatable bonds is 5. The van der Waals surface area contributed by atoms with Gasteiger partial charge in [0, 0.05) is 12.2 Å². The standard InChI is InChI=1S/C23H31N.C2H6/c1-4-20-12-13-22(15-18(20)3)21-10-8-19(9-11-21)16-24-23-7-5-6-17(2)14-23;1-2/h5-7,12-15,19,21,24H,4,8-11,16H2,1-3H3;1-2H3. The van der Waals surface area contributed by atoms with Crippen LogP contribution in [0.15, 0.2) is 42.5 Å². The quantitative estimate of drug-likeness (QED) is 0.597. The number of benzene rings is 2. The Bertz CT molecular complexity index is 666. The van der Waals surface area contributed by atoms with E-state index < -0.39 is 0 Å². The van der Waals surface area contributed by atoms with Crippen LogP contribution in [-0.2, 0) is 6.42 Å². The molecule has 1 aliphatic rings. The van der Waals surface area contributed by atoms with Crippen LogP contribution in [-0.4, -0.2) is 6.54 Å². The van der Waals surface area contributed by atoms with Gasteiger partial charge >= 0.3 is 0 Å². The molecule has 1 nitrogen and oxygen atoms in total. The molecule has 1 fully saturated rings. The number of nitrogens with one attached hydrogen (secondary N) is 1. The van der Waals surface area contributed by atoms with Crippen LogP contribution in [0.4, 0.5) is 5.69 Å². The first-order chi connectivity index (χ1) is 12.7. The molecule has 0 atom stereocenters. The van der Waals surface area contributed by atoms with E-state index >= 15 is 0 Å². The lowest BCUT2D eigenvalue weighted by Crippen LogP contribution is -2.20. The molecule has 0 heterocycles. The van der Waals surface area contributed by atoms with Crippen LogP contribution in [0.5, 0.6) is 0 Å². The van der Waals surface area contributed by atoms with Gasteiger partial charge in [-0.25, -0.2) is 0 Å². The number of hydrogen-bond donors (Lipinski definition) is 1. The summed E-state index contributed by atoms with van der Waals surface area (Å²) in [5.41, 5.74) is 7.13. The van der Waals surface area contributed by atoms with Crippen molar-refractivity contribution in [3.05, 3.63) is 64.7 Å². The summed E-state index contributed by atoms with van der Waals surface area (Å²) in [6.45, 7) is 11.8. The van der Waals surface area contributed by atoms with E-state index in [-0.39, 0.29) is 0 Å². The summed E-state index contributed by atoms with van der Waals surface area (Å²) in [5, 5.41) is 3.63. The summed E-state index contributed by atoms with van der Waals surface area (Å²) in [7, 11) is 0. The Kier molecular flexibility index (Phi) is 8.22. The molecule has 2 aromatic carbocycles. The van der Waals surface area contributed by atoms with E-state index in [1.165, 1.54) is 48.1 Å². The van der Waals surface area contributed by atoms with E-state index in [1.807, 2.05) is 13.8 Å². The zero-order valence-electron chi connectivity index (χ0n) is 17.4. The Morgan fingerprint density at radius 3 is 2.27 bits per heavy atom. The Morgan fingerprint density at radius 2 is 1.65 bits per heavy atom. The third-order valence-corrected chi connectivity index (χ3v) is 5.68. The average molecular weight is 352 g/mol. The monoisotopic (exact) mass is 351 g/mol. The molecule has 1 heteroatoms. The molecule has 1 saturated carbocycles. The fraction of sp³-hybridized carbons (Fsp3) is 0.520. The molecule has 0 radical (unpaired) electrons. The van der Waals surface area contributed by atoms with E-state index in [4.69, 9.17) is 0 Å². The Hall–Kier alpha value is -1.76. The molecule has 3 rings (SSSR count). The molecular weight excluding hydrogens is 314 g/mol. The minimum atomic E-state index is 0.768. The highest BCUT2D eigenvalue weighted by Gasteiger charge is 2.22. The molecule has 0 bridgehead atoms. The van der Waals surface area contributed by atoms with Crippen LogP contribution in [0, 0.1) is 19.8 Å². The molecular formula is C25H37N. The summed E-state index contributed by atoms with van der Waals surface area (Å²) in [5.74, 6) is 1.59. The van der Waals surface area contributed by atoms with Crippen molar-refractivity contribution in [1.29, 1.82) is 0 Å². The molecule has 2 aromatic rings. The summed E-state index contributed by atoms with van der Waals surface area (Å²) < 4.78 is 0. The highest BCUT2D eigenvalue weighted by atomic mass is 14.9. The summed E-state index contributed by atoms with van der Waals surface area (Å²) in [6.07, 6.45) is 6.51. The third kappa shape index (κ3) is 5.62. The van der Waals surface area contributed by atoms with Crippen LogP contribution in [0.1, 0.15) is 74.6 Å². The molecule has 0 saturated heterocycles. The molecule has 26 heavy (non-hydrogen) atoms. The van der Waals surface area contributed by atoms with E-state index in [0.29, 0.717) is 0 Å². The highest BCUT2D eigenvalue weighted by Crippen LogP contribution is 2.36. The Labute approximate surface area is 161 Å². The largest absolute Gasteiger partial charge is 0.385 e. The predicted octanol–water partition coefficient (Wildman–Crippen LogP) is 7.28. The maximum atomic E-state index is 3.63. The van der Waals surface area contributed by atoms with Gasteiger partial charge in [0.1, 0.15) is 0 Å². The fourth-order valence-electron chi connectivity index (χ4n) is 4.09. The van der Waals surface area contributed by atoms with Gasteiger partial charge in [-0.1, -0.05) is 51.1 Å². The first-order valence-electron chi connectivity index (χ1n) is 10.6. The van der Waals surface area contributed by atoms with E-state index in [1.54, 1.807) is 5.56 Å². The Morgan fingerprint density at radius 1 is 0.923 bits per heavy atom. The van der Waals surface area contributed by atoms with Gasteiger partial charge in [0.05, 0.1) is 0 Å². The lowest BCUT2D eigenvalue weighted by molar-refractivity contribution is 0.338. The lowest BCUT2D eigenvalue weighted by Gasteiger charge is -2.29. The van der Waals surface area contributed by atoms with Crippen molar-refractivity contribution in [2.45, 2.75) is 72.6 Å². The van der Waals surface area contributed by atoms with Crippen LogP contribution < -0.4 is 5.32 Å². The summed E-state index contributed by atoms with van der Waals surface area (Å²) in [6, 6.07) is 15.9. The van der Waals surface area contributed by atoms with Crippen molar-refractivity contribution >= 4 is 5.69 Å². The molecule has 0 spiro atoms. The van der Waals surface area contributed by atoms with Crippen LogP contribution >= 0.6 is 0 Å². The van der Waals surface area contributed by atoms with Crippen molar-refractivity contribution in [2.75, 3.05) is 11.9 Å². The molecule has 0 unspecified atom stereocenters. The van der Waals surface area contributed by atoms with Gasteiger partial charge in [-0.3, -0.25) is 0 Å². The number of hydrogen-bond acceptors (Lipinski definition) is 1.